The molecule has 1 spiro atoms. The fraction of sp³-hybridized carbons (Fsp3) is 0.444. The van der Waals surface area contributed by atoms with Crippen LogP contribution in [0, 0.1) is 20.8 Å². The van der Waals surface area contributed by atoms with Crippen LogP contribution in [0.25, 0.3) is 0 Å². The van der Waals surface area contributed by atoms with Gasteiger partial charge in [0.05, 0.1) is 24.7 Å². The molecule has 0 aliphatic carbocycles. The number of aryl methyl sites for hydroxylation is 3. The molecule has 33 heavy (non-hydrogen) atoms. The zero-order valence-corrected chi connectivity index (χ0v) is 19.8. The summed E-state index contributed by atoms with van der Waals surface area (Å²) in [6, 6.07) is 9.40. The third-order valence-electron chi connectivity index (χ3n) is 6.77. The third-order valence-corrected chi connectivity index (χ3v) is 6.77. The van der Waals surface area contributed by atoms with E-state index in [4.69, 9.17) is 9.47 Å². The number of likely N-dealkylation sites (tertiary alicyclic amines) is 1. The Bertz CT molecular complexity index is 1110. The summed E-state index contributed by atoms with van der Waals surface area (Å²) in [7, 11) is 1.54. The minimum atomic E-state index is -0.550. The van der Waals surface area contributed by atoms with E-state index in [1.54, 1.807) is 17.0 Å². The summed E-state index contributed by atoms with van der Waals surface area (Å²) >= 11 is 0. The molecule has 0 aromatic heterocycles. The van der Waals surface area contributed by atoms with Crippen molar-refractivity contribution >= 4 is 17.5 Å². The predicted octanol–water partition coefficient (Wildman–Crippen LogP) is 4.61. The van der Waals surface area contributed by atoms with E-state index in [9.17, 15) is 14.4 Å². The molecule has 6 nitrogen and oxygen atoms in total. The van der Waals surface area contributed by atoms with Crippen molar-refractivity contribution in [2.24, 2.45) is 0 Å². The first-order chi connectivity index (χ1) is 15.7. The van der Waals surface area contributed by atoms with Gasteiger partial charge in [0.1, 0.15) is 17.1 Å². The third kappa shape index (κ3) is 4.65. The van der Waals surface area contributed by atoms with E-state index in [0.717, 1.165) is 16.7 Å². The van der Waals surface area contributed by atoms with Crippen LogP contribution in [0.2, 0.25) is 0 Å². The fourth-order valence-electron chi connectivity index (χ4n) is 4.93. The highest BCUT2D eigenvalue weighted by molar-refractivity contribution is 6.01. The molecule has 2 aromatic carbocycles. The second-order valence-corrected chi connectivity index (χ2v) is 9.35. The molecule has 2 aliphatic rings. The lowest BCUT2D eigenvalue weighted by atomic mass is 9.81. The van der Waals surface area contributed by atoms with Gasteiger partial charge in [0.15, 0.2) is 11.6 Å². The SMILES string of the molecule is COc1ccc(C)cc1C(=O)CCC(=O)N1CCC2(CC1)CC(=O)c1cc(C)cc(C)c1O2. The maximum Gasteiger partial charge on any atom is 0.223 e. The van der Waals surface area contributed by atoms with E-state index < -0.39 is 5.60 Å². The smallest absolute Gasteiger partial charge is 0.223 e. The minimum absolute atomic E-state index is 0.0424. The number of nitrogens with zero attached hydrogens (tertiary/aromatic N) is 1. The molecular formula is C27H31NO5. The van der Waals surface area contributed by atoms with Gasteiger partial charge in [-0.25, -0.2) is 0 Å². The lowest BCUT2D eigenvalue weighted by Crippen LogP contribution is -2.52. The van der Waals surface area contributed by atoms with Crippen LogP contribution in [0.5, 0.6) is 11.5 Å². The van der Waals surface area contributed by atoms with Gasteiger partial charge in [0.25, 0.3) is 0 Å². The van der Waals surface area contributed by atoms with E-state index in [1.807, 2.05) is 39.0 Å². The summed E-state index contributed by atoms with van der Waals surface area (Å²) in [5, 5.41) is 0. The van der Waals surface area contributed by atoms with Crippen molar-refractivity contribution in [3.8, 4) is 11.5 Å². The van der Waals surface area contributed by atoms with Crippen LogP contribution in [0.3, 0.4) is 0 Å². The first kappa shape index (κ1) is 23.0. The Morgan fingerprint density at radius 2 is 1.76 bits per heavy atom. The van der Waals surface area contributed by atoms with Crippen molar-refractivity contribution in [2.75, 3.05) is 20.2 Å². The van der Waals surface area contributed by atoms with Crippen LogP contribution in [-0.2, 0) is 4.79 Å². The highest BCUT2D eigenvalue weighted by Gasteiger charge is 2.44. The number of ether oxygens (including phenoxy) is 2. The van der Waals surface area contributed by atoms with Crippen LogP contribution < -0.4 is 9.47 Å². The summed E-state index contributed by atoms with van der Waals surface area (Å²) in [5.74, 6) is 1.19. The first-order valence-electron chi connectivity index (χ1n) is 11.5. The molecular weight excluding hydrogens is 418 g/mol. The second kappa shape index (κ2) is 9.00. The van der Waals surface area contributed by atoms with Gasteiger partial charge in [-0.05, 0) is 50.1 Å². The zero-order valence-electron chi connectivity index (χ0n) is 19.8. The highest BCUT2D eigenvalue weighted by atomic mass is 16.5. The van der Waals surface area contributed by atoms with Gasteiger partial charge in [-0.1, -0.05) is 17.7 Å². The van der Waals surface area contributed by atoms with Gasteiger partial charge in [-0.2, -0.15) is 0 Å². The number of benzene rings is 2. The Kier molecular flexibility index (Phi) is 6.28. The van der Waals surface area contributed by atoms with E-state index in [0.29, 0.717) is 55.0 Å². The van der Waals surface area contributed by atoms with Crippen LogP contribution in [-0.4, -0.2) is 48.2 Å². The fourth-order valence-corrected chi connectivity index (χ4v) is 4.93. The molecule has 0 bridgehead atoms. The number of hydrogen-bond acceptors (Lipinski definition) is 5. The summed E-state index contributed by atoms with van der Waals surface area (Å²) in [4.78, 5) is 40.2. The number of fused-ring (bicyclic) bond motifs is 1. The minimum Gasteiger partial charge on any atom is -0.496 e. The molecule has 0 saturated carbocycles. The number of ketones is 2. The predicted molar refractivity (Wildman–Crippen MR) is 125 cm³/mol. The van der Waals surface area contributed by atoms with Gasteiger partial charge in [0, 0.05) is 38.8 Å². The number of Topliss-reactive ketones (excluding diaryl/α,β-unsaturated/α-hetero) is 2. The summed E-state index contributed by atoms with van der Waals surface area (Å²) < 4.78 is 11.7. The number of hydrogen-bond donors (Lipinski definition) is 0. The van der Waals surface area contributed by atoms with Gasteiger partial charge in [0.2, 0.25) is 5.91 Å². The molecule has 1 saturated heterocycles. The summed E-state index contributed by atoms with van der Waals surface area (Å²) in [6.45, 7) is 6.92. The van der Waals surface area contributed by atoms with E-state index in [2.05, 4.69) is 0 Å². The quantitative estimate of drug-likeness (QED) is 0.624. The maximum atomic E-state index is 12.9. The molecule has 1 fully saturated rings. The first-order valence-corrected chi connectivity index (χ1v) is 11.5. The highest BCUT2D eigenvalue weighted by Crippen LogP contribution is 2.41. The van der Waals surface area contributed by atoms with Gasteiger partial charge >= 0.3 is 0 Å². The Morgan fingerprint density at radius 3 is 2.45 bits per heavy atom. The number of methoxy groups -OCH3 is 1. The Morgan fingerprint density at radius 1 is 1.03 bits per heavy atom. The van der Waals surface area contributed by atoms with Crippen molar-refractivity contribution in [2.45, 2.75) is 58.5 Å². The largest absolute Gasteiger partial charge is 0.496 e. The maximum absolute atomic E-state index is 12.9. The van der Waals surface area contributed by atoms with Crippen LogP contribution in [0.15, 0.2) is 30.3 Å². The molecule has 0 N–H and O–H groups in total. The van der Waals surface area contributed by atoms with Crippen LogP contribution in [0.1, 0.15) is 69.5 Å². The van der Waals surface area contributed by atoms with Gasteiger partial charge < -0.3 is 14.4 Å². The molecule has 0 radical (unpaired) electrons. The van der Waals surface area contributed by atoms with Crippen molar-refractivity contribution in [3.05, 3.63) is 58.1 Å². The number of carbonyl (C=O) groups excluding carboxylic acids is 3. The molecule has 2 heterocycles. The van der Waals surface area contributed by atoms with Crippen molar-refractivity contribution < 1.29 is 23.9 Å². The number of rotatable bonds is 5. The van der Waals surface area contributed by atoms with Crippen LogP contribution in [0.4, 0.5) is 0 Å². The van der Waals surface area contributed by atoms with Gasteiger partial charge in [-0.3, -0.25) is 14.4 Å². The molecule has 4 rings (SSSR count). The average Bonchev–Trinajstić information content (AvgIpc) is 2.78. The topological polar surface area (TPSA) is 72.9 Å². The monoisotopic (exact) mass is 449 g/mol. The summed E-state index contributed by atoms with van der Waals surface area (Å²) in [6.07, 6.45) is 1.86. The lowest BCUT2D eigenvalue weighted by Gasteiger charge is -2.44. The zero-order chi connectivity index (χ0) is 23.8. The number of amides is 1. The normalized spacial score (nSPS) is 16.8. The number of piperidine rings is 1. The van der Waals surface area contributed by atoms with Gasteiger partial charge in [-0.15, -0.1) is 0 Å². The van der Waals surface area contributed by atoms with Crippen molar-refractivity contribution in [3.63, 3.8) is 0 Å². The molecule has 1 amide bonds. The standard InChI is InChI=1S/C27H31NO5/c1-17-5-7-24(32-4)20(14-17)22(29)6-8-25(31)28-11-9-27(10-12-28)16-23(30)21-15-18(2)13-19(3)26(21)33-27/h5,7,13-15H,6,8-12,16H2,1-4H3. The Balaban J connectivity index is 1.36. The lowest BCUT2D eigenvalue weighted by molar-refractivity contribution is -0.134. The number of carbonyl (C=O) groups is 3. The van der Waals surface area contributed by atoms with Crippen LogP contribution >= 0.6 is 0 Å². The second-order valence-electron chi connectivity index (χ2n) is 9.35. The molecule has 6 heteroatoms. The van der Waals surface area contributed by atoms with Crippen molar-refractivity contribution in [1.29, 1.82) is 0 Å². The van der Waals surface area contributed by atoms with Crippen molar-refractivity contribution in [1.82, 2.24) is 4.90 Å². The Hall–Kier alpha value is -3.15. The van der Waals surface area contributed by atoms with E-state index in [-0.39, 0.29) is 30.3 Å². The summed E-state index contributed by atoms with van der Waals surface area (Å²) in [5.41, 5.74) is 3.63. The molecule has 2 aromatic rings. The molecule has 2 aliphatic heterocycles. The Labute approximate surface area is 194 Å². The average molecular weight is 450 g/mol. The van der Waals surface area contributed by atoms with E-state index >= 15 is 0 Å². The molecule has 174 valence electrons. The molecule has 0 unspecified atom stereocenters. The molecule has 0 atom stereocenters. The van der Waals surface area contributed by atoms with E-state index in [1.165, 1.54) is 7.11 Å².